The predicted octanol–water partition coefficient (Wildman–Crippen LogP) is 10.1. The van der Waals surface area contributed by atoms with Gasteiger partial charge in [-0.3, -0.25) is 24.9 Å². The highest BCUT2D eigenvalue weighted by molar-refractivity contribution is 6.32. The van der Waals surface area contributed by atoms with E-state index in [2.05, 4.69) is 50.5 Å². The molecule has 4 atom stereocenters. The number of aliphatic hydroxyl groups excluding tert-OH is 2. The van der Waals surface area contributed by atoms with Crippen molar-refractivity contribution in [2.24, 2.45) is 5.41 Å². The van der Waals surface area contributed by atoms with Gasteiger partial charge in [0.25, 0.3) is 0 Å². The number of hydrogen-bond donors (Lipinski definition) is 5. The number of carboxylic acid groups (broad SMARTS) is 2. The van der Waals surface area contributed by atoms with Crippen molar-refractivity contribution in [1.82, 2.24) is 15.3 Å². The highest BCUT2D eigenvalue weighted by Crippen LogP contribution is 2.47. The molecule has 2 heterocycles. The van der Waals surface area contributed by atoms with E-state index in [4.69, 9.17) is 48.7 Å². The van der Waals surface area contributed by atoms with Crippen molar-refractivity contribution in [2.45, 2.75) is 89.9 Å². The van der Waals surface area contributed by atoms with Gasteiger partial charge in [-0.1, -0.05) is 59.6 Å². The molecule has 0 bridgehead atoms. The first-order valence-corrected chi connectivity index (χ1v) is 24.0. The molecular weight excluding hydrogens is 962 g/mol. The number of carbonyl (C=O) groups is 2. The Morgan fingerprint density at radius 1 is 0.764 bits per heavy atom. The molecule has 2 aliphatic rings. The zero-order valence-corrected chi connectivity index (χ0v) is 41.0. The van der Waals surface area contributed by atoms with Gasteiger partial charge in [0.2, 0.25) is 5.69 Å². The summed E-state index contributed by atoms with van der Waals surface area (Å²) in [6, 6.07) is 24.6. The molecular formula is C55H51Cl2N5O10. The van der Waals surface area contributed by atoms with Crippen LogP contribution in [0.15, 0.2) is 97.6 Å². The monoisotopic (exact) mass is 1010 g/mol. The van der Waals surface area contributed by atoms with Gasteiger partial charge in [-0.2, -0.15) is 5.26 Å². The van der Waals surface area contributed by atoms with Gasteiger partial charge in [0.05, 0.1) is 40.8 Å². The number of nitrogens with one attached hydrogen (secondary N) is 1. The maximum absolute atomic E-state index is 12.0. The molecule has 0 saturated carbocycles. The fraction of sp³-hybridized carbons (Fsp3) is 0.309. The van der Waals surface area contributed by atoms with Crippen LogP contribution in [0.1, 0.15) is 95.4 Å². The van der Waals surface area contributed by atoms with Crippen LogP contribution in [0.2, 0.25) is 10.0 Å². The molecule has 6 aromatic rings. The molecule has 2 aromatic heterocycles. The van der Waals surface area contributed by atoms with Crippen LogP contribution in [0.4, 0.5) is 5.69 Å². The molecule has 8 rings (SSSR count). The number of ether oxygens (including phenoxy) is 4. The van der Waals surface area contributed by atoms with E-state index >= 15 is 0 Å². The quantitative estimate of drug-likeness (QED) is 0.0424. The van der Waals surface area contributed by atoms with Crippen molar-refractivity contribution >= 4 is 40.8 Å². The molecule has 0 radical (unpaired) electrons. The molecule has 0 fully saturated rings. The number of nitriles is 1. The molecule has 0 saturated heterocycles. The maximum atomic E-state index is 12.0. The number of aromatic nitrogens is 2. The van der Waals surface area contributed by atoms with Crippen LogP contribution < -0.4 is 24.3 Å². The van der Waals surface area contributed by atoms with Crippen molar-refractivity contribution in [3.8, 4) is 40.2 Å². The molecule has 4 aromatic carbocycles. The highest BCUT2D eigenvalue weighted by Gasteiger charge is 2.35. The van der Waals surface area contributed by atoms with Crippen molar-refractivity contribution in [3.05, 3.63) is 169 Å². The molecule has 5 N–H and O–H groups in total. The Kier molecular flexibility index (Phi) is 15.6. The Bertz CT molecular complexity index is 2910. The summed E-state index contributed by atoms with van der Waals surface area (Å²) in [6.07, 6.45) is 8.58. The first kappa shape index (κ1) is 51.1. The normalized spacial score (nSPS) is 16.3. The average Bonchev–Trinajstić information content (AvgIpc) is 4.01. The summed E-state index contributed by atoms with van der Waals surface area (Å²) in [4.78, 5) is 35.8. The number of nitrogens with zero attached hydrogens (tertiary/aromatic N) is 4. The Hall–Kier alpha value is -7.24. The van der Waals surface area contributed by atoms with Gasteiger partial charge in [-0.25, -0.2) is 4.85 Å². The minimum absolute atomic E-state index is 0.00599. The third-order valence-electron chi connectivity index (χ3n) is 13.4. The summed E-state index contributed by atoms with van der Waals surface area (Å²) in [6.45, 7) is 9.18. The van der Waals surface area contributed by atoms with Crippen molar-refractivity contribution in [2.75, 3.05) is 13.2 Å². The number of rotatable bonds is 21. The highest BCUT2D eigenvalue weighted by atomic mass is 35.5. The van der Waals surface area contributed by atoms with Crippen molar-refractivity contribution in [1.29, 1.82) is 5.26 Å². The molecule has 72 heavy (non-hydrogen) atoms. The van der Waals surface area contributed by atoms with Crippen LogP contribution in [-0.4, -0.2) is 61.1 Å². The SMILES string of the molecule is [C-]#[N+]c1cncc(COc2cc(O[C@H]3CCc4c(-c5cccc6c5CC[C@@H]6Oc5cc(OCc6cncc(C#N)c6)c(CN[C@@](C)(CO)C(=O)O)cc5Cl)cccc43)c(Cl)cc2CC[C@@](C)(CO)C(=O)O)c1. The lowest BCUT2D eigenvalue weighted by atomic mass is 9.85. The van der Waals surface area contributed by atoms with E-state index in [1.165, 1.54) is 26.2 Å². The molecule has 17 heteroatoms. The third-order valence-corrected chi connectivity index (χ3v) is 14.0. The molecule has 0 amide bonds. The fourth-order valence-electron chi connectivity index (χ4n) is 8.94. The van der Waals surface area contributed by atoms with E-state index in [-0.39, 0.29) is 49.8 Å². The lowest BCUT2D eigenvalue weighted by molar-refractivity contribution is -0.150. The van der Waals surface area contributed by atoms with Crippen LogP contribution in [0.5, 0.6) is 23.0 Å². The van der Waals surface area contributed by atoms with E-state index in [9.17, 15) is 35.3 Å². The number of pyridine rings is 2. The Labute approximate surface area is 426 Å². The van der Waals surface area contributed by atoms with Crippen LogP contribution in [0.25, 0.3) is 16.0 Å². The number of halogens is 2. The summed E-state index contributed by atoms with van der Waals surface area (Å²) in [7, 11) is 0. The van der Waals surface area contributed by atoms with Crippen molar-refractivity contribution in [3.63, 3.8) is 0 Å². The van der Waals surface area contributed by atoms with E-state index in [1.54, 1.807) is 48.8 Å². The van der Waals surface area contributed by atoms with E-state index < -0.39 is 36.1 Å². The van der Waals surface area contributed by atoms with Crippen LogP contribution >= 0.6 is 23.2 Å². The van der Waals surface area contributed by atoms with Crippen molar-refractivity contribution < 1.29 is 49.0 Å². The summed E-state index contributed by atoms with van der Waals surface area (Å²) in [5.41, 5.74) is 6.70. The van der Waals surface area contributed by atoms with Gasteiger partial charge in [0.15, 0.2) is 0 Å². The van der Waals surface area contributed by atoms with Gasteiger partial charge in [0, 0.05) is 54.6 Å². The molecule has 15 nitrogen and oxygen atoms in total. The van der Waals surface area contributed by atoms with Gasteiger partial charge < -0.3 is 39.4 Å². The predicted molar refractivity (Wildman–Crippen MR) is 267 cm³/mol. The topological polar surface area (TPSA) is 218 Å². The molecule has 370 valence electrons. The number of benzene rings is 4. The average molecular weight is 1010 g/mol. The van der Waals surface area contributed by atoms with Gasteiger partial charge >= 0.3 is 11.9 Å². The zero-order chi connectivity index (χ0) is 51.2. The minimum Gasteiger partial charge on any atom is -0.488 e. The largest absolute Gasteiger partial charge is 0.488 e. The lowest BCUT2D eigenvalue weighted by Crippen LogP contribution is -2.52. The number of fused-ring (bicyclic) bond motifs is 2. The van der Waals surface area contributed by atoms with Crippen LogP contribution in [0, 0.1) is 23.3 Å². The molecule has 0 unspecified atom stereocenters. The van der Waals surface area contributed by atoms with Crippen LogP contribution in [-0.2, 0) is 48.6 Å². The lowest BCUT2D eigenvalue weighted by Gasteiger charge is -2.25. The summed E-state index contributed by atoms with van der Waals surface area (Å²) < 4.78 is 26.0. The van der Waals surface area contributed by atoms with E-state index in [0.29, 0.717) is 74.4 Å². The first-order valence-electron chi connectivity index (χ1n) is 23.2. The van der Waals surface area contributed by atoms with Gasteiger partial charge in [-0.05, 0) is 121 Å². The first-order chi connectivity index (χ1) is 34.6. The smallest absolute Gasteiger partial charge is 0.326 e. The Morgan fingerprint density at radius 3 is 1.85 bits per heavy atom. The molecule has 0 spiro atoms. The van der Waals surface area contributed by atoms with Gasteiger partial charge in [-0.15, -0.1) is 0 Å². The standard InChI is InChI=1S/C55H51Cl2N5O10/c1-54(30-63,52(65)66)15-14-35-18-44(56)50(20-48(35)69-29-34-17-37(59-3)27-61-25-34)71-46-12-10-40-38(6-4-8-42(40)46)39-7-5-9-43-41(39)11-13-47(43)72-51-21-49(70-28-33-16-32(22-58)23-60-24-33)36(19-45(51)57)26-62-55(2,31-64)53(67)68/h4-9,16-21,23-25,27,46-47,62-64H,10-15,26,28-31H2,1-2H3,(H,65,66)(H,67,68)/t46-,47-,54-,55-/m0/s1. The number of aryl methyl sites for hydroxylation is 1. The minimum atomic E-state index is -1.63. The fourth-order valence-corrected chi connectivity index (χ4v) is 9.40. The zero-order valence-electron chi connectivity index (χ0n) is 39.5. The summed E-state index contributed by atoms with van der Waals surface area (Å²) in [5, 5.41) is 52.4. The summed E-state index contributed by atoms with van der Waals surface area (Å²) in [5.74, 6) is -0.799. The number of aliphatic carboxylic acids is 2. The number of aliphatic hydroxyl groups is 2. The second-order valence-electron chi connectivity index (χ2n) is 18.4. The maximum Gasteiger partial charge on any atom is 0.326 e. The Balaban J connectivity index is 1.04. The van der Waals surface area contributed by atoms with E-state index in [0.717, 1.165) is 46.2 Å². The van der Waals surface area contributed by atoms with Gasteiger partial charge in [0.1, 0.15) is 60.0 Å². The number of carboxylic acids is 2. The molecule has 2 aliphatic carbocycles. The Morgan fingerprint density at radius 2 is 1.32 bits per heavy atom. The number of hydrogen-bond acceptors (Lipinski definition) is 12. The van der Waals surface area contributed by atoms with E-state index in [1.807, 2.05) is 12.1 Å². The molecule has 0 aliphatic heterocycles. The van der Waals surface area contributed by atoms with Crippen LogP contribution in [0.3, 0.4) is 0 Å². The summed E-state index contributed by atoms with van der Waals surface area (Å²) >= 11 is 13.8. The third kappa shape index (κ3) is 11.1. The second-order valence-corrected chi connectivity index (χ2v) is 19.2. The second kappa shape index (κ2) is 22.0.